The summed E-state index contributed by atoms with van der Waals surface area (Å²) in [4.78, 5) is 36.7. The van der Waals surface area contributed by atoms with Crippen molar-refractivity contribution < 1.29 is 31.9 Å². The maximum absolute atomic E-state index is 14.8. The Bertz CT molecular complexity index is 1440. The van der Waals surface area contributed by atoms with Crippen LogP contribution in [0.3, 0.4) is 0 Å². The maximum Gasteiger partial charge on any atom is 0.315 e. The fraction of sp³-hybridized carbons (Fsp3) is 0.160. The van der Waals surface area contributed by atoms with Crippen molar-refractivity contribution in [3.05, 3.63) is 92.4 Å². The number of anilines is 2. The average Bonchev–Trinajstić information content (AvgIpc) is 2.83. The van der Waals surface area contributed by atoms with E-state index in [-0.39, 0.29) is 22.6 Å². The molecule has 0 aliphatic rings. The summed E-state index contributed by atoms with van der Waals surface area (Å²) in [6.45, 7) is 0. The highest BCUT2D eigenvalue weighted by Gasteiger charge is 2.41. The first-order chi connectivity index (χ1) is 18.2. The van der Waals surface area contributed by atoms with Crippen LogP contribution in [0, 0.1) is 11.6 Å². The standard InChI is InChI=1S/C25H17BrCl3F4N3O3/c26-13-3-1-2-11(8-13)10-25(28,29)18(22(34)37)12-4-5-15(27)14(9-12)23(38)35-17-7-6-16(30)20(19(17)31)36-24(39)21(32)33/h1-9,18,21H,10H2,(H2,34,37)(H,35,38)(H,36,39). The van der Waals surface area contributed by atoms with E-state index >= 15 is 0 Å². The quantitative estimate of drug-likeness (QED) is 0.172. The van der Waals surface area contributed by atoms with Gasteiger partial charge in [0.15, 0.2) is 5.82 Å². The van der Waals surface area contributed by atoms with Crippen molar-refractivity contribution in [1.29, 1.82) is 0 Å². The van der Waals surface area contributed by atoms with E-state index in [0.29, 0.717) is 11.6 Å². The number of amides is 3. The molecule has 14 heteroatoms. The van der Waals surface area contributed by atoms with Gasteiger partial charge < -0.3 is 16.4 Å². The van der Waals surface area contributed by atoms with Gasteiger partial charge >= 0.3 is 6.43 Å². The highest BCUT2D eigenvalue weighted by Crippen LogP contribution is 2.42. The second-order valence-electron chi connectivity index (χ2n) is 8.17. The zero-order valence-electron chi connectivity index (χ0n) is 19.4. The van der Waals surface area contributed by atoms with Gasteiger partial charge in [0.2, 0.25) is 5.91 Å². The average molecular weight is 670 g/mol. The lowest BCUT2D eigenvalue weighted by Crippen LogP contribution is -2.37. The molecule has 3 aromatic carbocycles. The van der Waals surface area contributed by atoms with Gasteiger partial charge in [-0.15, -0.1) is 23.2 Å². The third kappa shape index (κ3) is 7.42. The Kier molecular flexibility index (Phi) is 9.87. The number of hydrogen-bond acceptors (Lipinski definition) is 3. The molecule has 3 rings (SSSR count). The summed E-state index contributed by atoms with van der Waals surface area (Å²) in [5.41, 5.74) is 4.29. The molecule has 3 amide bonds. The first kappa shape index (κ1) is 30.7. The van der Waals surface area contributed by atoms with Crippen LogP contribution in [0.1, 0.15) is 27.4 Å². The lowest BCUT2D eigenvalue weighted by molar-refractivity contribution is -0.126. The molecule has 0 saturated heterocycles. The van der Waals surface area contributed by atoms with E-state index in [1.54, 1.807) is 24.3 Å². The van der Waals surface area contributed by atoms with Crippen LogP contribution in [0.5, 0.6) is 0 Å². The highest BCUT2D eigenvalue weighted by atomic mass is 79.9. The number of primary amides is 1. The van der Waals surface area contributed by atoms with Gasteiger partial charge in [0, 0.05) is 10.9 Å². The summed E-state index contributed by atoms with van der Waals surface area (Å²) >= 11 is 22.7. The van der Waals surface area contributed by atoms with Gasteiger partial charge in [0.1, 0.15) is 15.8 Å². The van der Waals surface area contributed by atoms with E-state index in [1.165, 1.54) is 23.5 Å². The van der Waals surface area contributed by atoms with Crippen LogP contribution in [0.25, 0.3) is 0 Å². The lowest BCUT2D eigenvalue weighted by atomic mass is 9.89. The van der Waals surface area contributed by atoms with Gasteiger partial charge in [0.25, 0.3) is 11.8 Å². The molecule has 0 saturated carbocycles. The number of nitrogens with two attached hydrogens (primary N) is 1. The van der Waals surface area contributed by atoms with Gasteiger partial charge in [-0.3, -0.25) is 14.4 Å². The van der Waals surface area contributed by atoms with Crippen molar-refractivity contribution in [3.63, 3.8) is 0 Å². The molecule has 0 aromatic heterocycles. The fourth-order valence-electron chi connectivity index (χ4n) is 3.66. The number of alkyl halides is 4. The van der Waals surface area contributed by atoms with Crippen LogP contribution in [-0.4, -0.2) is 28.5 Å². The predicted molar refractivity (Wildman–Crippen MR) is 145 cm³/mol. The minimum absolute atomic E-state index is 0.0127. The summed E-state index contributed by atoms with van der Waals surface area (Å²) in [5.74, 6) is -8.08. The van der Waals surface area contributed by atoms with Gasteiger partial charge in [-0.05, 0) is 47.5 Å². The van der Waals surface area contributed by atoms with Crippen molar-refractivity contribution in [2.24, 2.45) is 5.73 Å². The topological polar surface area (TPSA) is 101 Å². The maximum atomic E-state index is 14.8. The second kappa shape index (κ2) is 12.5. The molecule has 1 atom stereocenters. The smallest absolute Gasteiger partial charge is 0.315 e. The van der Waals surface area contributed by atoms with Crippen LogP contribution in [-0.2, 0) is 16.0 Å². The zero-order valence-corrected chi connectivity index (χ0v) is 23.2. The molecule has 4 N–H and O–H groups in total. The van der Waals surface area contributed by atoms with E-state index in [9.17, 15) is 31.9 Å². The van der Waals surface area contributed by atoms with Crippen molar-refractivity contribution >= 4 is 79.8 Å². The SMILES string of the molecule is NC(=O)C(c1ccc(Cl)c(C(=O)Nc2ccc(F)c(NC(=O)C(F)F)c2F)c1)C(Cl)(Cl)Cc1cccc(Br)c1. The molecule has 0 heterocycles. The van der Waals surface area contributed by atoms with Crippen molar-refractivity contribution in [2.45, 2.75) is 23.1 Å². The van der Waals surface area contributed by atoms with Gasteiger partial charge in [-0.2, -0.15) is 8.78 Å². The molecule has 3 aromatic rings. The number of halogens is 8. The summed E-state index contributed by atoms with van der Waals surface area (Å²) in [7, 11) is 0. The molecule has 6 nitrogen and oxygen atoms in total. The Morgan fingerprint density at radius 3 is 2.31 bits per heavy atom. The van der Waals surface area contributed by atoms with Crippen molar-refractivity contribution in [3.8, 4) is 0 Å². The van der Waals surface area contributed by atoms with Gasteiger partial charge in [0.05, 0.1) is 22.2 Å². The summed E-state index contributed by atoms with van der Waals surface area (Å²) in [5, 5.41) is 3.42. The Morgan fingerprint density at radius 2 is 1.69 bits per heavy atom. The lowest BCUT2D eigenvalue weighted by Gasteiger charge is -2.28. The van der Waals surface area contributed by atoms with Crippen molar-refractivity contribution in [2.75, 3.05) is 10.6 Å². The third-order valence-corrected chi connectivity index (χ3v) is 6.92. The van der Waals surface area contributed by atoms with Gasteiger partial charge in [-0.25, -0.2) is 8.78 Å². The summed E-state index contributed by atoms with van der Waals surface area (Å²) in [6.07, 6.45) is -3.55. The molecular formula is C25H17BrCl3F4N3O3. The van der Waals surface area contributed by atoms with E-state index in [2.05, 4.69) is 21.2 Å². The Morgan fingerprint density at radius 1 is 1.00 bits per heavy atom. The molecular weight excluding hydrogens is 653 g/mol. The molecule has 0 spiro atoms. The van der Waals surface area contributed by atoms with E-state index in [0.717, 1.165) is 10.5 Å². The predicted octanol–water partition coefficient (Wildman–Crippen LogP) is 6.82. The first-order valence-electron chi connectivity index (χ1n) is 10.8. The summed E-state index contributed by atoms with van der Waals surface area (Å²) < 4.78 is 52.8. The van der Waals surface area contributed by atoms with Crippen molar-refractivity contribution in [1.82, 2.24) is 0 Å². The number of hydrogen-bond donors (Lipinski definition) is 3. The molecule has 0 fully saturated rings. The molecule has 0 bridgehead atoms. The van der Waals surface area contributed by atoms with Crippen LogP contribution in [0.4, 0.5) is 28.9 Å². The molecule has 39 heavy (non-hydrogen) atoms. The molecule has 0 radical (unpaired) electrons. The molecule has 0 aliphatic carbocycles. The molecule has 0 aliphatic heterocycles. The Balaban J connectivity index is 1.94. The number of benzene rings is 3. The highest BCUT2D eigenvalue weighted by molar-refractivity contribution is 9.10. The Labute approximate surface area is 242 Å². The number of carbonyl (C=O) groups is 3. The van der Waals surface area contributed by atoms with Crippen LogP contribution in [0.2, 0.25) is 5.02 Å². The monoisotopic (exact) mass is 667 g/mol. The van der Waals surface area contributed by atoms with E-state index < -0.39 is 57.4 Å². The zero-order chi connectivity index (χ0) is 29.1. The van der Waals surface area contributed by atoms with Crippen LogP contribution in [0.15, 0.2) is 59.1 Å². The number of carbonyl (C=O) groups excluding carboxylic acids is 3. The fourth-order valence-corrected chi connectivity index (χ4v) is 5.09. The van der Waals surface area contributed by atoms with E-state index in [4.69, 9.17) is 40.5 Å². The minimum atomic E-state index is -3.54. The largest absolute Gasteiger partial charge is 0.369 e. The number of nitrogens with one attached hydrogen (secondary N) is 2. The second-order valence-corrected chi connectivity index (χ2v) is 11.0. The third-order valence-electron chi connectivity index (χ3n) is 5.39. The first-order valence-corrected chi connectivity index (χ1v) is 12.7. The molecule has 1 unspecified atom stereocenters. The minimum Gasteiger partial charge on any atom is -0.369 e. The van der Waals surface area contributed by atoms with Crippen LogP contribution >= 0.6 is 50.7 Å². The normalized spacial score (nSPS) is 12.2. The van der Waals surface area contributed by atoms with Gasteiger partial charge in [-0.1, -0.05) is 45.7 Å². The van der Waals surface area contributed by atoms with E-state index in [1.807, 2.05) is 0 Å². The summed E-state index contributed by atoms with van der Waals surface area (Å²) in [6, 6.07) is 12.3. The molecule has 206 valence electrons. The Hall–Kier alpha value is -2.86. The van der Waals surface area contributed by atoms with Crippen LogP contribution < -0.4 is 16.4 Å². The number of rotatable bonds is 9.